The van der Waals surface area contributed by atoms with Crippen LogP contribution in [0, 0.1) is 6.92 Å². The number of rotatable bonds is 7. The van der Waals surface area contributed by atoms with Crippen LogP contribution in [0.5, 0.6) is 11.6 Å². The van der Waals surface area contributed by atoms with Crippen molar-refractivity contribution in [2.45, 2.75) is 33.1 Å². The molecule has 0 saturated heterocycles. The highest BCUT2D eigenvalue weighted by Gasteiger charge is 2.18. The molecule has 5 rings (SSSR count). The summed E-state index contributed by atoms with van der Waals surface area (Å²) in [5, 5.41) is 0. The number of nitrogens with two attached hydrogens (primary N) is 1. The van der Waals surface area contributed by atoms with Crippen molar-refractivity contribution in [2.75, 3.05) is 19.3 Å². The van der Waals surface area contributed by atoms with E-state index in [4.69, 9.17) is 20.2 Å². The van der Waals surface area contributed by atoms with Crippen LogP contribution in [0.2, 0.25) is 0 Å². The summed E-state index contributed by atoms with van der Waals surface area (Å²) < 4.78 is 12.0. The van der Waals surface area contributed by atoms with Crippen LogP contribution < -0.4 is 15.2 Å². The Bertz CT molecular complexity index is 1330. The molecule has 2 aromatic carbocycles. The van der Waals surface area contributed by atoms with Gasteiger partial charge >= 0.3 is 0 Å². The Labute approximate surface area is 205 Å². The number of likely N-dealkylation sites (N-methyl/N-ethyl adjacent to an activating group) is 1. The summed E-state index contributed by atoms with van der Waals surface area (Å²) in [5.41, 5.74) is 13.9. The first-order valence-corrected chi connectivity index (χ1v) is 11.7. The second-order valence-corrected chi connectivity index (χ2v) is 8.91. The number of benzene rings is 2. The highest BCUT2D eigenvalue weighted by Crippen LogP contribution is 2.30. The second kappa shape index (κ2) is 10.1. The summed E-state index contributed by atoms with van der Waals surface area (Å²) in [6.45, 7) is 4.87. The number of aryl methyl sites for hydroxylation is 1. The number of anilines is 1. The van der Waals surface area contributed by atoms with E-state index in [9.17, 15) is 0 Å². The lowest BCUT2D eigenvalue weighted by Gasteiger charge is -2.27. The molecule has 0 radical (unpaired) electrons. The molecule has 0 saturated carbocycles. The van der Waals surface area contributed by atoms with Crippen LogP contribution in [0.25, 0.3) is 11.3 Å². The van der Waals surface area contributed by atoms with E-state index in [-0.39, 0.29) is 12.4 Å². The lowest BCUT2D eigenvalue weighted by molar-refractivity contribution is 0.267. The second-order valence-electron chi connectivity index (χ2n) is 8.91. The average molecular weight is 468 g/mol. The molecule has 2 N–H and O–H groups in total. The molecule has 178 valence electrons. The van der Waals surface area contributed by atoms with Gasteiger partial charge in [0.1, 0.15) is 19.0 Å². The van der Waals surface area contributed by atoms with Gasteiger partial charge in [-0.2, -0.15) is 0 Å². The zero-order valence-corrected chi connectivity index (χ0v) is 20.1. The third-order valence-corrected chi connectivity index (χ3v) is 6.28. The van der Waals surface area contributed by atoms with Gasteiger partial charge in [-0.15, -0.1) is 0 Å². The van der Waals surface area contributed by atoms with Crippen LogP contribution in [0.1, 0.15) is 27.8 Å². The smallest absolute Gasteiger partial charge is 0.258 e. The highest BCUT2D eigenvalue weighted by molar-refractivity contribution is 5.64. The Kier molecular flexibility index (Phi) is 6.59. The summed E-state index contributed by atoms with van der Waals surface area (Å²) in [5.74, 6) is 1.22. The summed E-state index contributed by atoms with van der Waals surface area (Å²) in [6.07, 6.45) is 6.18. The minimum atomic E-state index is 0.239. The number of hydrogen-bond donors (Lipinski definition) is 1. The molecule has 0 fully saturated rings. The number of pyridine rings is 1. The van der Waals surface area contributed by atoms with E-state index >= 15 is 0 Å². The van der Waals surface area contributed by atoms with Crippen molar-refractivity contribution in [3.63, 3.8) is 0 Å². The number of aromatic nitrogens is 3. The van der Waals surface area contributed by atoms with Crippen LogP contribution >= 0.6 is 0 Å². The van der Waals surface area contributed by atoms with E-state index < -0.39 is 0 Å². The zero-order chi connectivity index (χ0) is 24.2. The van der Waals surface area contributed by atoms with E-state index in [2.05, 4.69) is 41.0 Å². The van der Waals surface area contributed by atoms with Crippen molar-refractivity contribution in [2.24, 2.45) is 0 Å². The first-order valence-electron chi connectivity index (χ1n) is 11.7. The fourth-order valence-electron chi connectivity index (χ4n) is 4.38. The molecule has 0 atom stereocenters. The molecule has 1 aliphatic rings. The van der Waals surface area contributed by atoms with Gasteiger partial charge in [0.2, 0.25) is 0 Å². The zero-order valence-electron chi connectivity index (χ0n) is 20.1. The van der Waals surface area contributed by atoms with Gasteiger partial charge in [0.25, 0.3) is 5.88 Å². The molecule has 35 heavy (non-hydrogen) atoms. The molecule has 0 spiro atoms. The maximum Gasteiger partial charge on any atom is 0.258 e. The predicted octanol–water partition coefficient (Wildman–Crippen LogP) is 4.58. The quantitative estimate of drug-likeness (QED) is 0.426. The first kappa shape index (κ1) is 22.8. The van der Waals surface area contributed by atoms with E-state index in [1.54, 1.807) is 18.6 Å². The minimum Gasteiger partial charge on any atom is -0.487 e. The van der Waals surface area contributed by atoms with Crippen molar-refractivity contribution in [1.29, 1.82) is 0 Å². The summed E-state index contributed by atoms with van der Waals surface area (Å²) >= 11 is 0. The van der Waals surface area contributed by atoms with Gasteiger partial charge in [-0.1, -0.05) is 30.3 Å². The number of ether oxygens (including phenoxy) is 2. The van der Waals surface area contributed by atoms with Crippen LogP contribution in [0.15, 0.2) is 67.1 Å². The number of hydrogen-bond acceptors (Lipinski definition) is 7. The fraction of sp³-hybridized carbons (Fsp3) is 0.250. The van der Waals surface area contributed by atoms with Crippen LogP contribution in [0.3, 0.4) is 0 Å². The molecule has 7 nitrogen and oxygen atoms in total. The van der Waals surface area contributed by atoms with Crippen molar-refractivity contribution in [3.05, 3.63) is 94.9 Å². The molecule has 2 aromatic heterocycles. The molecule has 0 amide bonds. The fourth-order valence-corrected chi connectivity index (χ4v) is 4.38. The summed E-state index contributed by atoms with van der Waals surface area (Å²) in [6, 6.07) is 16.3. The predicted molar refractivity (Wildman–Crippen MR) is 136 cm³/mol. The maximum atomic E-state index is 6.11. The standard InChI is InChI=1S/C28H29N5O2/c1-19-12-22(13-23-16-33(2)11-9-24(19)23)25-14-31-27(29)28(32-25)35-18-21-8-10-30-15-26(21)34-17-20-6-4-3-5-7-20/h3-8,10,12-15H,9,11,16-18H2,1-2H3,(H2,29,31). The van der Waals surface area contributed by atoms with Gasteiger partial charge in [0.15, 0.2) is 5.82 Å². The topological polar surface area (TPSA) is 86.4 Å². The third kappa shape index (κ3) is 5.25. The van der Waals surface area contributed by atoms with E-state index in [1.165, 1.54) is 16.7 Å². The number of nitrogens with zero attached hydrogens (tertiary/aromatic N) is 4. The first-order chi connectivity index (χ1) is 17.1. The maximum absolute atomic E-state index is 6.11. The lowest BCUT2D eigenvalue weighted by Crippen LogP contribution is -2.27. The Morgan fingerprint density at radius 3 is 2.74 bits per heavy atom. The van der Waals surface area contributed by atoms with E-state index in [0.717, 1.165) is 41.9 Å². The largest absolute Gasteiger partial charge is 0.487 e. The van der Waals surface area contributed by atoms with E-state index in [0.29, 0.717) is 18.2 Å². The summed E-state index contributed by atoms with van der Waals surface area (Å²) in [4.78, 5) is 15.6. The molecule has 0 bridgehead atoms. The molecule has 7 heteroatoms. The Balaban J connectivity index is 1.34. The molecule has 1 aliphatic heterocycles. The van der Waals surface area contributed by atoms with Gasteiger partial charge in [-0.05, 0) is 60.8 Å². The highest BCUT2D eigenvalue weighted by atomic mass is 16.5. The van der Waals surface area contributed by atoms with Gasteiger partial charge < -0.3 is 20.1 Å². The normalized spacial score (nSPS) is 13.3. The lowest BCUT2D eigenvalue weighted by atomic mass is 9.92. The average Bonchev–Trinajstić information content (AvgIpc) is 2.87. The third-order valence-electron chi connectivity index (χ3n) is 6.28. The Morgan fingerprint density at radius 2 is 1.89 bits per heavy atom. The number of fused-ring (bicyclic) bond motifs is 1. The van der Waals surface area contributed by atoms with Gasteiger partial charge in [0.05, 0.1) is 18.1 Å². The monoisotopic (exact) mass is 467 g/mol. The molecule has 3 heterocycles. The van der Waals surface area contributed by atoms with Gasteiger partial charge in [0, 0.05) is 30.4 Å². The summed E-state index contributed by atoms with van der Waals surface area (Å²) in [7, 11) is 2.15. The molecular formula is C28H29N5O2. The van der Waals surface area contributed by atoms with Gasteiger partial charge in [-0.25, -0.2) is 9.97 Å². The van der Waals surface area contributed by atoms with E-state index in [1.807, 2.05) is 36.4 Å². The number of nitrogen functional groups attached to an aromatic ring is 1. The van der Waals surface area contributed by atoms with Crippen molar-refractivity contribution < 1.29 is 9.47 Å². The molecular weight excluding hydrogens is 438 g/mol. The van der Waals surface area contributed by atoms with Crippen LogP contribution in [0.4, 0.5) is 5.82 Å². The molecule has 0 unspecified atom stereocenters. The van der Waals surface area contributed by atoms with Gasteiger partial charge in [-0.3, -0.25) is 4.98 Å². The SMILES string of the molecule is Cc1cc(-c2cnc(N)c(OCc3ccncc3OCc3ccccc3)n2)cc2c1CCN(C)C2. The van der Waals surface area contributed by atoms with Crippen LogP contribution in [-0.4, -0.2) is 33.4 Å². The minimum absolute atomic E-state index is 0.239. The molecule has 4 aromatic rings. The van der Waals surface area contributed by atoms with Crippen LogP contribution in [-0.2, 0) is 26.2 Å². The Hall–Kier alpha value is -3.97. The molecule has 0 aliphatic carbocycles. The Morgan fingerprint density at radius 1 is 1.03 bits per heavy atom. The van der Waals surface area contributed by atoms with Crippen molar-refractivity contribution in [3.8, 4) is 22.9 Å². The van der Waals surface area contributed by atoms with Crippen molar-refractivity contribution >= 4 is 5.82 Å². The van der Waals surface area contributed by atoms with Crippen molar-refractivity contribution in [1.82, 2.24) is 19.9 Å².